The maximum Gasteiger partial charge on any atom is 0.329 e. The SMILES string of the molecule is CCCn1c(=O)[nH]c(=O)c2cc(C(=O)NC3CCCC3)cnc21. The molecular weight excluding hydrogens is 296 g/mol. The van der Waals surface area contributed by atoms with Gasteiger partial charge in [-0.15, -0.1) is 0 Å². The van der Waals surface area contributed by atoms with Crippen LogP contribution in [0, 0.1) is 0 Å². The fraction of sp³-hybridized carbons (Fsp3) is 0.500. The highest BCUT2D eigenvalue weighted by Crippen LogP contribution is 2.18. The predicted molar refractivity (Wildman–Crippen MR) is 86.6 cm³/mol. The van der Waals surface area contributed by atoms with Crippen LogP contribution in [0.15, 0.2) is 21.9 Å². The van der Waals surface area contributed by atoms with Gasteiger partial charge < -0.3 is 5.32 Å². The number of nitrogens with one attached hydrogen (secondary N) is 2. The van der Waals surface area contributed by atoms with Gasteiger partial charge in [0, 0.05) is 18.8 Å². The van der Waals surface area contributed by atoms with Crippen LogP contribution in [0.1, 0.15) is 49.4 Å². The van der Waals surface area contributed by atoms with E-state index in [0.29, 0.717) is 17.8 Å². The Morgan fingerprint density at radius 2 is 2.13 bits per heavy atom. The molecule has 2 aromatic heterocycles. The van der Waals surface area contributed by atoms with Gasteiger partial charge in [-0.2, -0.15) is 0 Å². The monoisotopic (exact) mass is 316 g/mol. The molecule has 0 atom stereocenters. The molecule has 122 valence electrons. The van der Waals surface area contributed by atoms with Crippen LogP contribution in [-0.2, 0) is 6.54 Å². The first-order valence-electron chi connectivity index (χ1n) is 8.04. The van der Waals surface area contributed by atoms with Gasteiger partial charge in [-0.1, -0.05) is 19.8 Å². The number of carbonyl (C=O) groups excluding carboxylic acids is 1. The summed E-state index contributed by atoms with van der Waals surface area (Å²) in [5.74, 6) is -0.223. The third kappa shape index (κ3) is 3.04. The van der Waals surface area contributed by atoms with Crippen LogP contribution >= 0.6 is 0 Å². The molecule has 1 aliphatic carbocycles. The van der Waals surface area contributed by atoms with Crippen molar-refractivity contribution in [3.05, 3.63) is 38.7 Å². The predicted octanol–water partition coefficient (Wildman–Crippen LogP) is 1.17. The molecule has 2 N–H and O–H groups in total. The zero-order chi connectivity index (χ0) is 16.4. The number of aromatic nitrogens is 3. The largest absolute Gasteiger partial charge is 0.349 e. The van der Waals surface area contributed by atoms with Crippen LogP contribution in [0.25, 0.3) is 11.0 Å². The molecule has 0 radical (unpaired) electrons. The Balaban J connectivity index is 1.99. The summed E-state index contributed by atoms with van der Waals surface area (Å²) in [6.45, 7) is 2.40. The van der Waals surface area contributed by atoms with Gasteiger partial charge in [-0.05, 0) is 25.3 Å². The Labute approximate surface area is 132 Å². The Hall–Kier alpha value is -2.44. The second-order valence-electron chi connectivity index (χ2n) is 5.96. The lowest BCUT2D eigenvalue weighted by Crippen LogP contribution is -2.34. The molecular formula is C16H20N4O3. The maximum absolute atomic E-state index is 12.3. The molecule has 1 aliphatic rings. The molecule has 23 heavy (non-hydrogen) atoms. The van der Waals surface area contributed by atoms with Gasteiger partial charge in [0.05, 0.1) is 10.9 Å². The number of nitrogens with zero attached hydrogens (tertiary/aromatic N) is 2. The van der Waals surface area contributed by atoms with Gasteiger partial charge in [0.15, 0.2) is 0 Å². The van der Waals surface area contributed by atoms with Crippen LogP contribution in [0.4, 0.5) is 0 Å². The highest BCUT2D eigenvalue weighted by atomic mass is 16.2. The number of carbonyl (C=O) groups is 1. The molecule has 7 nitrogen and oxygen atoms in total. The molecule has 0 saturated heterocycles. The topological polar surface area (TPSA) is 96.9 Å². The average Bonchev–Trinajstić information content (AvgIpc) is 3.04. The lowest BCUT2D eigenvalue weighted by Gasteiger charge is -2.12. The number of hydrogen-bond acceptors (Lipinski definition) is 4. The first-order valence-corrected chi connectivity index (χ1v) is 8.04. The van der Waals surface area contributed by atoms with E-state index >= 15 is 0 Å². The highest BCUT2D eigenvalue weighted by molar-refractivity contribution is 5.96. The first kappa shape index (κ1) is 15.5. The van der Waals surface area contributed by atoms with Crippen molar-refractivity contribution in [1.29, 1.82) is 0 Å². The van der Waals surface area contributed by atoms with Crippen molar-refractivity contribution in [2.75, 3.05) is 0 Å². The average molecular weight is 316 g/mol. The van der Waals surface area contributed by atoms with Gasteiger partial charge in [0.2, 0.25) is 0 Å². The van der Waals surface area contributed by atoms with Gasteiger partial charge in [-0.3, -0.25) is 19.1 Å². The minimum atomic E-state index is -0.514. The molecule has 7 heteroatoms. The zero-order valence-electron chi connectivity index (χ0n) is 13.1. The zero-order valence-corrected chi connectivity index (χ0v) is 13.1. The summed E-state index contributed by atoms with van der Waals surface area (Å²) >= 11 is 0. The van der Waals surface area contributed by atoms with Crippen molar-refractivity contribution < 1.29 is 4.79 Å². The molecule has 0 bridgehead atoms. The van der Waals surface area contributed by atoms with Crippen LogP contribution in [0.3, 0.4) is 0 Å². The van der Waals surface area contributed by atoms with Crippen LogP contribution < -0.4 is 16.6 Å². The molecule has 1 saturated carbocycles. The molecule has 2 aromatic rings. The quantitative estimate of drug-likeness (QED) is 0.884. The fourth-order valence-electron chi connectivity index (χ4n) is 3.06. The van der Waals surface area contributed by atoms with Crippen LogP contribution in [0.5, 0.6) is 0 Å². The molecule has 1 amide bonds. The third-order valence-electron chi connectivity index (χ3n) is 4.23. The van der Waals surface area contributed by atoms with E-state index in [1.165, 1.54) is 16.8 Å². The van der Waals surface area contributed by atoms with E-state index in [2.05, 4.69) is 15.3 Å². The third-order valence-corrected chi connectivity index (χ3v) is 4.23. The van der Waals surface area contributed by atoms with Gasteiger partial charge >= 0.3 is 5.69 Å². The second kappa shape index (κ2) is 6.36. The number of hydrogen-bond donors (Lipinski definition) is 2. The van der Waals surface area contributed by atoms with E-state index in [1.807, 2.05) is 6.92 Å². The Morgan fingerprint density at radius 1 is 1.39 bits per heavy atom. The molecule has 3 rings (SSSR count). The number of rotatable bonds is 4. The van der Waals surface area contributed by atoms with E-state index < -0.39 is 11.2 Å². The summed E-state index contributed by atoms with van der Waals surface area (Å²) in [5, 5.41) is 3.23. The van der Waals surface area contributed by atoms with E-state index in [9.17, 15) is 14.4 Å². The fourth-order valence-corrected chi connectivity index (χ4v) is 3.06. The number of H-pyrrole nitrogens is 1. The molecule has 1 fully saturated rings. The minimum absolute atomic E-state index is 0.200. The van der Waals surface area contributed by atoms with Gasteiger partial charge in [-0.25, -0.2) is 9.78 Å². The van der Waals surface area contributed by atoms with E-state index in [0.717, 1.165) is 32.1 Å². The normalized spacial score (nSPS) is 15.2. The lowest BCUT2D eigenvalue weighted by molar-refractivity contribution is 0.0937. The molecule has 0 unspecified atom stereocenters. The smallest absolute Gasteiger partial charge is 0.329 e. The number of aryl methyl sites for hydroxylation is 1. The van der Waals surface area contributed by atoms with E-state index in [4.69, 9.17) is 0 Å². The van der Waals surface area contributed by atoms with Crippen molar-refractivity contribution in [2.45, 2.75) is 51.6 Å². The Kier molecular flexibility index (Phi) is 4.27. The Bertz CT molecular complexity index is 847. The molecule has 2 heterocycles. The number of fused-ring (bicyclic) bond motifs is 1. The number of pyridine rings is 1. The number of aromatic amines is 1. The van der Waals surface area contributed by atoms with Gasteiger partial charge in [0.1, 0.15) is 5.65 Å². The van der Waals surface area contributed by atoms with Crippen LogP contribution in [-0.4, -0.2) is 26.5 Å². The summed E-state index contributed by atoms with van der Waals surface area (Å²) in [4.78, 5) is 42.7. The second-order valence-corrected chi connectivity index (χ2v) is 5.96. The summed E-state index contributed by atoms with van der Waals surface area (Å²) < 4.78 is 1.43. The molecule has 0 aromatic carbocycles. The Morgan fingerprint density at radius 3 is 2.83 bits per heavy atom. The first-order chi connectivity index (χ1) is 11.1. The maximum atomic E-state index is 12.3. The van der Waals surface area contributed by atoms with Crippen molar-refractivity contribution in [2.24, 2.45) is 0 Å². The molecule has 0 spiro atoms. The number of amides is 1. The summed E-state index contributed by atoms with van der Waals surface area (Å²) in [6.07, 6.45) is 6.41. The van der Waals surface area contributed by atoms with Crippen molar-refractivity contribution in [3.8, 4) is 0 Å². The standard InChI is InChI=1S/C16H20N4O3/c1-2-7-20-13-12(15(22)19-16(20)23)8-10(9-17-13)14(21)18-11-5-3-4-6-11/h8-9,11H,2-7H2,1H3,(H,18,21)(H,19,22,23). The van der Waals surface area contributed by atoms with Crippen molar-refractivity contribution in [3.63, 3.8) is 0 Å². The molecule has 0 aliphatic heterocycles. The van der Waals surface area contributed by atoms with Crippen LogP contribution in [0.2, 0.25) is 0 Å². The van der Waals surface area contributed by atoms with E-state index in [1.54, 1.807) is 0 Å². The lowest BCUT2D eigenvalue weighted by atomic mass is 10.2. The highest BCUT2D eigenvalue weighted by Gasteiger charge is 2.19. The summed E-state index contributed by atoms with van der Waals surface area (Å²) in [5.41, 5.74) is -0.324. The van der Waals surface area contributed by atoms with Crippen molar-refractivity contribution >= 4 is 16.9 Å². The van der Waals surface area contributed by atoms with E-state index in [-0.39, 0.29) is 17.3 Å². The summed E-state index contributed by atoms with van der Waals surface area (Å²) in [7, 11) is 0. The van der Waals surface area contributed by atoms with Gasteiger partial charge in [0.25, 0.3) is 11.5 Å². The minimum Gasteiger partial charge on any atom is -0.349 e. The summed E-state index contributed by atoms with van der Waals surface area (Å²) in [6, 6.07) is 1.71. The van der Waals surface area contributed by atoms with Crippen molar-refractivity contribution in [1.82, 2.24) is 19.9 Å².